The second kappa shape index (κ2) is 5.49. The molecule has 1 aliphatic rings. The maximum atomic E-state index is 4.44. The van der Waals surface area contributed by atoms with Crippen LogP contribution in [0.3, 0.4) is 0 Å². The molecule has 0 amide bonds. The van der Waals surface area contributed by atoms with Gasteiger partial charge < -0.3 is 10.2 Å². The van der Waals surface area contributed by atoms with E-state index in [0.717, 1.165) is 36.3 Å². The van der Waals surface area contributed by atoms with Crippen molar-refractivity contribution in [2.75, 3.05) is 20.1 Å². The van der Waals surface area contributed by atoms with Crippen molar-refractivity contribution in [3.8, 4) is 0 Å². The number of aromatic nitrogens is 1. The molecular weight excluding hydrogens is 232 g/mol. The molecule has 0 spiro atoms. The molecule has 17 heavy (non-hydrogen) atoms. The predicted octanol–water partition coefficient (Wildman–Crippen LogP) is 1.93. The molecule has 5 heteroatoms. The van der Waals surface area contributed by atoms with Crippen LogP contribution in [0.5, 0.6) is 0 Å². The van der Waals surface area contributed by atoms with Gasteiger partial charge in [-0.05, 0) is 26.7 Å². The predicted molar refractivity (Wildman–Crippen MR) is 72.6 cm³/mol. The standard InChI is InChI=1S/C12H20N4S/c1-9-11(17-10(2)15-9)8-14-12(13-3)16-6-4-5-7-16/h4-8H2,1-3H3,(H,13,14). The van der Waals surface area contributed by atoms with Crippen molar-refractivity contribution in [3.05, 3.63) is 15.6 Å². The molecule has 1 N–H and O–H groups in total. The van der Waals surface area contributed by atoms with E-state index in [2.05, 4.69) is 34.0 Å². The van der Waals surface area contributed by atoms with E-state index in [1.807, 2.05) is 7.05 Å². The Balaban J connectivity index is 1.94. The maximum absolute atomic E-state index is 4.44. The molecule has 94 valence electrons. The number of hydrogen-bond donors (Lipinski definition) is 1. The number of aryl methyl sites for hydroxylation is 2. The van der Waals surface area contributed by atoms with Gasteiger partial charge in [0.15, 0.2) is 5.96 Å². The Morgan fingerprint density at radius 2 is 2.12 bits per heavy atom. The van der Waals surface area contributed by atoms with E-state index in [9.17, 15) is 0 Å². The topological polar surface area (TPSA) is 40.5 Å². The number of rotatable bonds is 2. The summed E-state index contributed by atoms with van der Waals surface area (Å²) in [4.78, 5) is 12.4. The molecule has 1 saturated heterocycles. The summed E-state index contributed by atoms with van der Waals surface area (Å²) in [7, 11) is 1.85. The van der Waals surface area contributed by atoms with Crippen molar-refractivity contribution in [2.45, 2.75) is 33.2 Å². The van der Waals surface area contributed by atoms with E-state index >= 15 is 0 Å². The van der Waals surface area contributed by atoms with Gasteiger partial charge in [0.05, 0.1) is 17.2 Å². The molecule has 1 aromatic heterocycles. The lowest BCUT2D eigenvalue weighted by molar-refractivity contribution is 0.494. The van der Waals surface area contributed by atoms with Crippen LogP contribution in [0.1, 0.15) is 28.4 Å². The van der Waals surface area contributed by atoms with Gasteiger partial charge in [0.2, 0.25) is 0 Å². The zero-order valence-electron chi connectivity index (χ0n) is 10.8. The number of nitrogens with zero attached hydrogens (tertiary/aromatic N) is 3. The molecule has 0 bridgehead atoms. The number of guanidine groups is 1. The first-order valence-corrected chi connectivity index (χ1v) is 6.91. The highest BCUT2D eigenvalue weighted by Crippen LogP contribution is 2.17. The lowest BCUT2D eigenvalue weighted by Crippen LogP contribution is -2.39. The molecule has 0 unspecified atom stereocenters. The highest BCUT2D eigenvalue weighted by molar-refractivity contribution is 7.11. The van der Waals surface area contributed by atoms with Crippen molar-refractivity contribution in [2.24, 2.45) is 4.99 Å². The number of thiazole rings is 1. The van der Waals surface area contributed by atoms with Gasteiger partial charge in [0, 0.05) is 25.0 Å². The van der Waals surface area contributed by atoms with Gasteiger partial charge in [-0.15, -0.1) is 11.3 Å². The smallest absolute Gasteiger partial charge is 0.193 e. The quantitative estimate of drug-likeness (QED) is 0.646. The molecule has 4 nitrogen and oxygen atoms in total. The Labute approximate surface area is 107 Å². The van der Waals surface area contributed by atoms with E-state index in [1.165, 1.54) is 17.7 Å². The molecule has 0 atom stereocenters. The fourth-order valence-corrected chi connectivity index (χ4v) is 3.03. The number of likely N-dealkylation sites (tertiary alicyclic amines) is 1. The number of nitrogens with one attached hydrogen (secondary N) is 1. The first-order chi connectivity index (χ1) is 8.20. The summed E-state index contributed by atoms with van der Waals surface area (Å²) < 4.78 is 0. The van der Waals surface area contributed by atoms with Gasteiger partial charge in [0.25, 0.3) is 0 Å². The summed E-state index contributed by atoms with van der Waals surface area (Å²) in [6.45, 7) is 7.21. The fraction of sp³-hybridized carbons (Fsp3) is 0.667. The van der Waals surface area contributed by atoms with Gasteiger partial charge in [0.1, 0.15) is 0 Å². The first-order valence-electron chi connectivity index (χ1n) is 6.09. The van der Waals surface area contributed by atoms with E-state index < -0.39 is 0 Å². The molecule has 0 saturated carbocycles. The average Bonchev–Trinajstić information content (AvgIpc) is 2.90. The van der Waals surface area contributed by atoms with Crippen molar-refractivity contribution in [1.29, 1.82) is 0 Å². The molecule has 0 aromatic carbocycles. The number of hydrogen-bond acceptors (Lipinski definition) is 3. The molecule has 0 radical (unpaired) electrons. The summed E-state index contributed by atoms with van der Waals surface area (Å²) in [6.07, 6.45) is 2.55. The largest absolute Gasteiger partial charge is 0.351 e. The summed E-state index contributed by atoms with van der Waals surface area (Å²) in [5, 5.41) is 4.56. The maximum Gasteiger partial charge on any atom is 0.193 e. The third-order valence-electron chi connectivity index (χ3n) is 3.02. The fourth-order valence-electron chi connectivity index (χ4n) is 2.16. The zero-order chi connectivity index (χ0) is 12.3. The average molecular weight is 252 g/mol. The molecule has 2 rings (SSSR count). The summed E-state index contributed by atoms with van der Waals surface area (Å²) >= 11 is 1.76. The van der Waals surface area contributed by atoms with Gasteiger partial charge in [-0.25, -0.2) is 4.98 Å². The highest BCUT2D eigenvalue weighted by Gasteiger charge is 2.15. The summed E-state index contributed by atoms with van der Waals surface area (Å²) in [5.74, 6) is 1.02. The lowest BCUT2D eigenvalue weighted by atomic mass is 10.4. The van der Waals surface area contributed by atoms with Crippen molar-refractivity contribution >= 4 is 17.3 Å². The van der Waals surface area contributed by atoms with Crippen LogP contribution in [0.25, 0.3) is 0 Å². The van der Waals surface area contributed by atoms with E-state index in [-0.39, 0.29) is 0 Å². The van der Waals surface area contributed by atoms with Gasteiger partial charge in [-0.3, -0.25) is 4.99 Å². The van der Waals surface area contributed by atoms with Crippen LogP contribution in [0.4, 0.5) is 0 Å². The normalized spacial score (nSPS) is 16.6. The highest BCUT2D eigenvalue weighted by atomic mass is 32.1. The van der Waals surface area contributed by atoms with Gasteiger partial charge in [-0.1, -0.05) is 0 Å². The van der Waals surface area contributed by atoms with Crippen molar-refractivity contribution < 1.29 is 0 Å². The van der Waals surface area contributed by atoms with Crippen LogP contribution in [0, 0.1) is 13.8 Å². The molecule has 1 aliphatic heterocycles. The molecule has 2 heterocycles. The molecule has 0 aliphatic carbocycles. The van der Waals surface area contributed by atoms with Gasteiger partial charge in [-0.2, -0.15) is 0 Å². The molecule has 1 aromatic rings. The van der Waals surface area contributed by atoms with Crippen LogP contribution in [-0.4, -0.2) is 36.0 Å². The second-order valence-electron chi connectivity index (χ2n) is 4.34. The number of aliphatic imine (C=N–C) groups is 1. The first kappa shape index (κ1) is 12.4. The molecule has 1 fully saturated rings. The third-order valence-corrected chi connectivity index (χ3v) is 4.10. The Hall–Kier alpha value is -1.10. The van der Waals surface area contributed by atoms with Crippen molar-refractivity contribution in [1.82, 2.24) is 15.2 Å². The van der Waals surface area contributed by atoms with Crippen molar-refractivity contribution in [3.63, 3.8) is 0 Å². The van der Waals surface area contributed by atoms with Crippen LogP contribution in [0.15, 0.2) is 4.99 Å². The minimum absolute atomic E-state index is 0.834. The Bertz CT molecular complexity index is 405. The molecular formula is C12H20N4S. The third kappa shape index (κ3) is 2.97. The van der Waals surface area contributed by atoms with Gasteiger partial charge >= 0.3 is 0 Å². The second-order valence-corrected chi connectivity index (χ2v) is 5.62. The Morgan fingerprint density at radius 3 is 2.65 bits per heavy atom. The minimum Gasteiger partial charge on any atom is -0.351 e. The SMILES string of the molecule is CN=C(NCc1sc(C)nc1C)N1CCCC1. The van der Waals surface area contributed by atoms with Crippen LogP contribution in [-0.2, 0) is 6.54 Å². The minimum atomic E-state index is 0.834. The summed E-state index contributed by atoms with van der Waals surface area (Å²) in [6, 6.07) is 0. The summed E-state index contributed by atoms with van der Waals surface area (Å²) in [5.41, 5.74) is 1.14. The van der Waals surface area contributed by atoms with E-state index in [0.29, 0.717) is 0 Å². The Kier molecular flexibility index (Phi) is 3.99. The lowest BCUT2D eigenvalue weighted by Gasteiger charge is -2.20. The van der Waals surface area contributed by atoms with Crippen LogP contribution in [0.2, 0.25) is 0 Å². The van der Waals surface area contributed by atoms with Crippen LogP contribution >= 0.6 is 11.3 Å². The van der Waals surface area contributed by atoms with Crippen LogP contribution < -0.4 is 5.32 Å². The Morgan fingerprint density at radius 1 is 1.41 bits per heavy atom. The monoisotopic (exact) mass is 252 g/mol. The van der Waals surface area contributed by atoms with E-state index in [4.69, 9.17) is 0 Å². The zero-order valence-corrected chi connectivity index (χ0v) is 11.6. The van der Waals surface area contributed by atoms with E-state index in [1.54, 1.807) is 11.3 Å².